The van der Waals surface area contributed by atoms with Gasteiger partial charge in [0.25, 0.3) is 0 Å². The van der Waals surface area contributed by atoms with Gasteiger partial charge in [-0.1, -0.05) is 18.5 Å². The number of hydrogen-bond donors (Lipinski definition) is 2. The maximum absolute atomic E-state index is 11.8. The van der Waals surface area contributed by atoms with Crippen LogP contribution in [-0.2, 0) is 10.0 Å². The fraction of sp³-hybridized carbons (Fsp3) is 0.273. The van der Waals surface area contributed by atoms with Crippen LogP contribution in [-0.4, -0.2) is 24.7 Å². The Kier molecular flexibility index (Phi) is 4.75. The zero-order valence-electron chi connectivity index (χ0n) is 9.92. The van der Waals surface area contributed by atoms with Crippen molar-refractivity contribution in [2.24, 2.45) is 0 Å². The molecule has 0 aromatic heterocycles. The van der Waals surface area contributed by atoms with Crippen LogP contribution in [0.5, 0.6) is 0 Å². The number of carboxylic acid groups (broad SMARTS) is 1. The van der Waals surface area contributed by atoms with E-state index in [2.05, 4.69) is 4.72 Å². The first kappa shape index (κ1) is 15.3. The van der Waals surface area contributed by atoms with E-state index in [0.717, 1.165) is 6.07 Å². The Morgan fingerprint density at radius 1 is 1.53 bits per heavy atom. The minimum Gasteiger partial charge on any atom is -0.478 e. The van der Waals surface area contributed by atoms with Crippen molar-refractivity contribution in [2.75, 3.05) is 4.72 Å². The normalized spacial score (nSPS) is 12.5. The monoisotopic (exact) mass is 302 g/mol. The van der Waals surface area contributed by atoms with Crippen molar-refractivity contribution in [3.8, 4) is 6.07 Å². The van der Waals surface area contributed by atoms with E-state index >= 15 is 0 Å². The van der Waals surface area contributed by atoms with Gasteiger partial charge >= 0.3 is 5.97 Å². The molecular formula is C11H11ClN2O4S. The number of halogens is 1. The number of rotatable bonds is 5. The number of aromatic carboxylic acids is 1. The number of nitrogens with one attached hydrogen (secondary N) is 1. The van der Waals surface area contributed by atoms with Gasteiger partial charge in [-0.3, -0.25) is 4.72 Å². The summed E-state index contributed by atoms with van der Waals surface area (Å²) < 4.78 is 25.8. The molecule has 0 heterocycles. The molecule has 19 heavy (non-hydrogen) atoms. The van der Waals surface area contributed by atoms with Crippen molar-refractivity contribution in [3.05, 3.63) is 28.8 Å². The van der Waals surface area contributed by atoms with Gasteiger partial charge in [-0.2, -0.15) is 5.26 Å². The van der Waals surface area contributed by atoms with E-state index in [1.54, 1.807) is 13.0 Å². The average Bonchev–Trinajstić information content (AvgIpc) is 2.28. The number of benzene rings is 1. The van der Waals surface area contributed by atoms with Crippen molar-refractivity contribution in [1.82, 2.24) is 0 Å². The van der Waals surface area contributed by atoms with Crippen molar-refractivity contribution in [1.29, 1.82) is 5.26 Å². The van der Waals surface area contributed by atoms with Crippen molar-refractivity contribution in [3.63, 3.8) is 0 Å². The maximum Gasteiger partial charge on any atom is 0.335 e. The number of nitrogens with zero attached hydrogens (tertiary/aromatic N) is 1. The Morgan fingerprint density at radius 2 is 2.16 bits per heavy atom. The minimum absolute atomic E-state index is 0.0126. The first-order chi connectivity index (χ1) is 8.80. The van der Waals surface area contributed by atoms with Crippen LogP contribution in [0.3, 0.4) is 0 Å². The highest BCUT2D eigenvalue weighted by atomic mass is 35.5. The summed E-state index contributed by atoms with van der Waals surface area (Å²) in [4.78, 5) is 10.8. The summed E-state index contributed by atoms with van der Waals surface area (Å²) >= 11 is 5.71. The number of anilines is 1. The molecule has 0 saturated heterocycles. The number of carboxylic acids is 1. The topological polar surface area (TPSA) is 107 Å². The van der Waals surface area contributed by atoms with E-state index in [-0.39, 0.29) is 22.7 Å². The summed E-state index contributed by atoms with van der Waals surface area (Å²) in [6, 6.07) is 5.27. The van der Waals surface area contributed by atoms with E-state index < -0.39 is 21.2 Å². The Balaban J connectivity index is 3.13. The van der Waals surface area contributed by atoms with Crippen LogP contribution in [0.1, 0.15) is 23.7 Å². The maximum atomic E-state index is 11.8. The molecule has 0 radical (unpaired) electrons. The van der Waals surface area contributed by atoms with E-state index in [1.165, 1.54) is 12.1 Å². The number of sulfonamides is 1. The smallest absolute Gasteiger partial charge is 0.335 e. The highest BCUT2D eigenvalue weighted by Crippen LogP contribution is 2.21. The van der Waals surface area contributed by atoms with Gasteiger partial charge in [-0.05, 0) is 24.6 Å². The lowest BCUT2D eigenvalue weighted by molar-refractivity contribution is 0.0697. The first-order valence-electron chi connectivity index (χ1n) is 5.25. The van der Waals surface area contributed by atoms with Gasteiger partial charge in [0, 0.05) is 5.02 Å². The van der Waals surface area contributed by atoms with Crippen LogP contribution >= 0.6 is 11.6 Å². The van der Waals surface area contributed by atoms with Gasteiger partial charge < -0.3 is 5.11 Å². The molecule has 0 aliphatic rings. The van der Waals surface area contributed by atoms with Crippen molar-refractivity contribution in [2.45, 2.75) is 18.6 Å². The molecule has 1 aromatic carbocycles. The molecule has 1 unspecified atom stereocenters. The van der Waals surface area contributed by atoms with E-state index in [0.29, 0.717) is 0 Å². The lowest BCUT2D eigenvalue weighted by atomic mass is 10.2. The van der Waals surface area contributed by atoms with Gasteiger partial charge in [-0.25, -0.2) is 13.2 Å². The van der Waals surface area contributed by atoms with E-state index in [1.807, 2.05) is 0 Å². The second-order valence-electron chi connectivity index (χ2n) is 3.71. The zero-order valence-corrected chi connectivity index (χ0v) is 11.5. The van der Waals surface area contributed by atoms with Gasteiger partial charge in [0.2, 0.25) is 10.0 Å². The van der Waals surface area contributed by atoms with Gasteiger partial charge in [0.15, 0.2) is 5.25 Å². The molecule has 102 valence electrons. The lowest BCUT2D eigenvalue weighted by Gasteiger charge is -2.12. The van der Waals surface area contributed by atoms with Crippen LogP contribution in [0.2, 0.25) is 5.02 Å². The molecule has 0 saturated carbocycles. The Morgan fingerprint density at radius 3 is 2.63 bits per heavy atom. The summed E-state index contributed by atoms with van der Waals surface area (Å²) in [6.07, 6.45) is 0.123. The van der Waals surface area contributed by atoms with Crippen LogP contribution in [0.4, 0.5) is 5.69 Å². The fourth-order valence-electron chi connectivity index (χ4n) is 1.39. The number of hydrogen-bond acceptors (Lipinski definition) is 4. The summed E-state index contributed by atoms with van der Waals surface area (Å²) in [5.74, 6) is -1.23. The molecule has 0 aliphatic heterocycles. The van der Waals surface area contributed by atoms with Crippen LogP contribution in [0, 0.1) is 11.3 Å². The molecule has 0 spiro atoms. The van der Waals surface area contributed by atoms with Crippen LogP contribution in [0.15, 0.2) is 18.2 Å². The third-order valence-electron chi connectivity index (χ3n) is 2.29. The Labute approximate surface area is 115 Å². The summed E-state index contributed by atoms with van der Waals surface area (Å²) in [7, 11) is -3.90. The first-order valence-corrected chi connectivity index (χ1v) is 7.17. The molecule has 0 aliphatic carbocycles. The van der Waals surface area contributed by atoms with Gasteiger partial charge in [0.05, 0.1) is 17.3 Å². The Bertz CT molecular complexity index is 637. The van der Waals surface area contributed by atoms with Crippen molar-refractivity contribution >= 4 is 33.3 Å². The number of nitriles is 1. The lowest BCUT2D eigenvalue weighted by Crippen LogP contribution is -2.26. The molecule has 0 fully saturated rings. The SMILES string of the molecule is CCC(C#N)S(=O)(=O)Nc1cc(Cl)cc(C(=O)O)c1. The quantitative estimate of drug-likeness (QED) is 0.866. The summed E-state index contributed by atoms with van der Waals surface area (Å²) in [5, 5.41) is 16.5. The second kappa shape index (κ2) is 5.91. The average molecular weight is 303 g/mol. The van der Waals surface area contributed by atoms with Gasteiger partial charge in [-0.15, -0.1) is 0 Å². The molecule has 0 bridgehead atoms. The van der Waals surface area contributed by atoms with Crippen molar-refractivity contribution < 1.29 is 18.3 Å². The highest BCUT2D eigenvalue weighted by molar-refractivity contribution is 7.93. The highest BCUT2D eigenvalue weighted by Gasteiger charge is 2.23. The van der Waals surface area contributed by atoms with Crippen LogP contribution in [0.25, 0.3) is 0 Å². The minimum atomic E-state index is -3.90. The molecule has 0 amide bonds. The molecule has 8 heteroatoms. The molecular weight excluding hydrogens is 292 g/mol. The van der Waals surface area contributed by atoms with E-state index in [9.17, 15) is 13.2 Å². The molecule has 6 nitrogen and oxygen atoms in total. The summed E-state index contributed by atoms with van der Waals surface area (Å²) in [5.41, 5.74) is -0.131. The fourth-order valence-corrected chi connectivity index (χ4v) is 2.79. The largest absolute Gasteiger partial charge is 0.478 e. The molecule has 1 aromatic rings. The molecule has 1 atom stereocenters. The van der Waals surface area contributed by atoms with Crippen LogP contribution < -0.4 is 4.72 Å². The molecule has 2 N–H and O–H groups in total. The Hall–Kier alpha value is -1.78. The zero-order chi connectivity index (χ0) is 14.6. The third-order valence-corrected chi connectivity index (χ3v) is 4.22. The number of carbonyl (C=O) groups is 1. The summed E-state index contributed by atoms with van der Waals surface area (Å²) in [6.45, 7) is 1.56. The van der Waals surface area contributed by atoms with Gasteiger partial charge in [0.1, 0.15) is 0 Å². The third kappa shape index (κ3) is 3.84. The second-order valence-corrected chi connectivity index (χ2v) is 6.01. The molecule has 1 rings (SSSR count). The standard InChI is InChI=1S/C11H11ClN2O4S/c1-2-10(6-13)19(17,18)14-9-4-7(11(15)16)3-8(12)5-9/h3-5,10,14H,2H2,1H3,(H,15,16). The predicted molar refractivity (Wildman–Crippen MR) is 70.6 cm³/mol. The van der Waals surface area contributed by atoms with E-state index in [4.69, 9.17) is 22.0 Å². The predicted octanol–water partition coefficient (Wildman–Crippen LogP) is 2.08.